The number of hydrogen-bond acceptors (Lipinski definition) is 2. The molecule has 0 radical (unpaired) electrons. The van der Waals surface area contributed by atoms with E-state index in [9.17, 15) is 0 Å². The lowest BCUT2D eigenvalue weighted by molar-refractivity contribution is 0.330. The normalized spacial score (nSPS) is 19.6. The van der Waals surface area contributed by atoms with Crippen molar-refractivity contribution in [3.63, 3.8) is 0 Å². The Morgan fingerprint density at radius 3 is 2.84 bits per heavy atom. The van der Waals surface area contributed by atoms with Gasteiger partial charge >= 0.3 is 0 Å². The van der Waals surface area contributed by atoms with Gasteiger partial charge in [-0.05, 0) is 62.7 Å². The van der Waals surface area contributed by atoms with Crippen LogP contribution >= 0.6 is 0 Å². The second kappa shape index (κ2) is 3.87. The Morgan fingerprint density at radius 1 is 1.16 bits per heavy atom. The number of nitrogens with one attached hydrogen (secondary N) is 2. The fourth-order valence-corrected chi connectivity index (χ4v) is 3.50. The van der Waals surface area contributed by atoms with Crippen molar-refractivity contribution in [2.75, 3.05) is 18.4 Å². The number of anilines is 1. The molecule has 0 aliphatic carbocycles. The van der Waals surface area contributed by atoms with E-state index in [0.717, 1.165) is 25.9 Å². The molecule has 98 valence electrons. The zero-order valence-electron chi connectivity index (χ0n) is 11.2. The van der Waals surface area contributed by atoms with E-state index in [1.165, 1.54) is 22.6 Å². The third kappa shape index (κ3) is 1.55. The van der Waals surface area contributed by atoms with E-state index in [1.54, 1.807) is 0 Å². The Bertz CT molecular complexity index is 621. The number of hydrogen-bond donors (Lipinski definition) is 2. The molecule has 0 bridgehead atoms. The maximum Gasteiger partial charge on any atom is 0.0804 e. The van der Waals surface area contributed by atoms with E-state index in [4.69, 9.17) is 0 Å². The molecule has 19 heavy (non-hydrogen) atoms. The van der Waals surface area contributed by atoms with Gasteiger partial charge in [-0.3, -0.25) is 0 Å². The second-order valence-corrected chi connectivity index (χ2v) is 5.74. The van der Waals surface area contributed by atoms with E-state index in [0.29, 0.717) is 0 Å². The molecule has 0 amide bonds. The molecule has 4 rings (SSSR count). The molecule has 3 heteroatoms. The first-order chi connectivity index (χ1) is 9.28. The van der Waals surface area contributed by atoms with Crippen LogP contribution in [0.5, 0.6) is 0 Å². The molecule has 1 aromatic carbocycles. The highest BCUT2D eigenvalue weighted by Crippen LogP contribution is 2.42. The summed E-state index contributed by atoms with van der Waals surface area (Å²) in [5, 5.41) is 7.30. The van der Waals surface area contributed by atoms with Crippen LogP contribution in [-0.4, -0.2) is 17.7 Å². The fourth-order valence-electron chi connectivity index (χ4n) is 3.50. The summed E-state index contributed by atoms with van der Waals surface area (Å²) < 4.78 is 2.36. The van der Waals surface area contributed by atoms with Crippen LogP contribution in [0.3, 0.4) is 0 Å². The molecule has 2 N–H and O–H groups in total. The number of aromatic nitrogens is 1. The van der Waals surface area contributed by atoms with Crippen molar-refractivity contribution in [2.45, 2.75) is 25.3 Å². The zero-order valence-corrected chi connectivity index (χ0v) is 11.2. The Morgan fingerprint density at radius 2 is 2.00 bits per heavy atom. The maximum atomic E-state index is 3.83. The van der Waals surface area contributed by atoms with E-state index < -0.39 is 0 Å². The van der Waals surface area contributed by atoms with Gasteiger partial charge in [-0.15, -0.1) is 0 Å². The summed E-state index contributed by atoms with van der Waals surface area (Å²) in [5.41, 5.74) is 5.37. The Balaban J connectivity index is 1.92. The average Bonchev–Trinajstić information content (AvgIpc) is 2.90. The van der Waals surface area contributed by atoms with Gasteiger partial charge in [0.25, 0.3) is 0 Å². The molecule has 2 aliphatic rings. The number of rotatable bonds is 0. The van der Waals surface area contributed by atoms with Crippen LogP contribution < -0.4 is 10.6 Å². The molecule has 3 nitrogen and oxygen atoms in total. The third-order valence-corrected chi connectivity index (χ3v) is 4.48. The van der Waals surface area contributed by atoms with E-state index in [-0.39, 0.29) is 5.54 Å². The summed E-state index contributed by atoms with van der Waals surface area (Å²) in [4.78, 5) is 0. The van der Waals surface area contributed by atoms with Crippen LogP contribution in [0, 0.1) is 6.92 Å². The molecule has 0 atom stereocenters. The molecule has 1 spiro atoms. The van der Waals surface area contributed by atoms with Crippen LogP contribution in [0.1, 0.15) is 24.1 Å². The molecule has 0 unspecified atom stereocenters. The van der Waals surface area contributed by atoms with Crippen molar-refractivity contribution < 1.29 is 0 Å². The Kier molecular flexibility index (Phi) is 2.27. The minimum atomic E-state index is 0.107. The van der Waals surface area contributed by atoms with Gasteiger partial charge in [-0.2, -0.15) is 0 Å². The maximum absolute atomic E-state index is 3.83. The minimum absolute atomic E-state index is 0.107. The molecule has 1 saturated heterocycles. The summed E-state index contributed by atoms with van der Waals surface area (Å²) in [6.45, 7) is 4.32. The molecule has 1 aromatic heterocycles. The Hall–Kier alpha value is -1.74. The quantitative estimate of drug-likeness (QED) is 0.756. The van der Waals surface area contributed by atoms with Gasteiger partial charge in [0.2, 0.25) is 0 Å². The minimum Gasteiger partial charge on any atom is -0.372 e. The lowest BCUT2D eigenvalue weighted by Crippen LogP contribution is -2.48. The van der Waals surface area contributed by atoms with Crippen molar-refractivity contribution in [1.82, 2.24) is 9.88 Å². The van der Waals surface area contributed by atoms with Crippen molar-refractivity contribution in [3.8, 4) is 5.69 Å². The summed E-state index contributed by atoms with van der Waals surface area (Å²) in [6, 6.07) is 11.1. The van der Waals surface area contributed by atoms with Gasteiger partial charge < -0.3 is 15.2 Å². The van der Waals surface area contributed by atoms with Gasteiger partial charge in [0.05, 0.1) is 16.9 Å². The number of piperidine rings is 1. The smallest absolute Gasteiger partial charge is 0.0804 e. The first-order valence-corrected chi connectivity index (χ1v) is 7.06. The van der Waals surface area contributed by atoms with Gasteiger partial charge in [0.15, 0.2) is 0 Å². The Labute approximate surface area is 113 Å². The SMILES string of the molecule is Cc1ccc2c(c1)NC1(CCNCC1)c1cccn1-2. The van der Waals surface area contributed by atoms with Crippen molar-refractivity contribution >= 4 is 5.69 Å². The van der Waals surface area contributed by atoms with Crippen LogP contribution in [0.4, 0.5) is 5.69 Å². The highest BCUT2D eigenvalue weighted by molar-refractivity contribution is 5.68. The molecular weight excluding hydrogens is 234 g/mol. The number of fused-ring (bicyclic) bond motifs is 4. The standard InChI is InChI=1S/C16H19N3/c1-12-4-5-14-13(11-12)18-16(6-8-17-9-7-16)15-3-2-10-19(14)15/h2-5,10-11,17-18H,6-9H2,1H3. The topological polar surface area (TPSA) is 29.0 Å². The molecular formula is C16H19N3. The summed E-state index contributed by atoms with van der Waals surface area (Å²) in [5.74, 6) is 0. The van der Waals surface area contributed by atoms with Crippen molar-refractivity contribution in [2.24, 2.45) is 0 Å². The van der Waals surface area contributed by atoms with Gasteiger partial charge in [0, 0.05) is 11.9 Å². The van der Waals surface area contributed by atoms with Crippen LogP contribution in [0.15, 0.2) is 36.5 Å². The van der Waals surface area contributed by atoms with Crippen LogP contribution in [-0.2, 0) is 5.54 Å². The van der Waals surface area contributed by atoms with E-state index >= 15 is 0 Å². The number of aryl methyl sites for hydroxylation is 1. The zero-order chi connectivity index (χ0) is 12.9. The van der Waals surface area contributed by atoms with E-state index in [2.05, 4.69) is 58.7 Å². The summed E-state index contributed by atoms with van der Waals surface area (Å²) in [7, 11) is 0. The molecule has 0 saturated carbocycles. The largest absolute Gasteiger partial charge is 0.372 e. The predicted molar refractivity (Wildman–Crippen MR) is 77.9 cm³/mol. The van der Waals surface area contributed by atoms with Crippen molar-refractivity contribution in [1.29, 1.82) is 0 Å². The predicted octanol–water partition coefficient (Wildman–Crippen LogP) is 2.79. The third-order valence-electron chi connectivity index (χ3n) is 4.48. The van der Waals surface area contributed by atoms with Gasteiger partial charge in [-0.25, -0.2) is 0 Å². The highest BCUT2D eigenvalue weighted by Gasteiger charge is 2.39. The highest BCUT2D eigenvalue weighted by atomic mass is 15.2. The second-order valence-electron chi connectivity index (χ2n) is 5.74. The lowest BCUT2D eigenvalue weighted by atomic mass is 9.83. The van der Waals surface area contributed by atoms with Crippen molar-refractivity contribution in [3.05, 3.63) is 47.8 Å². The molecule has 2 aliphatic heterocycles. The number of benzene rings is 1. The summed E-state index contributed by atoms with van der Waals surface area (Å²) >= 11 is 0. The first kappa shape index (κ1) is 11.1. The lowest BCUT2D eigenvalue weighted by Gasteiger charge is -2.43. The van der Waals surface area contributed by atoms with E-state index in [1.807, 2.05) is 0 Å². The monoisotopic (exact) mass is 253 g/mol. The van der Waals surface area contributed by atoms with Crippen LogP contribution in [0.25, 0.3) is 5.69 Å². The molecule has 1 fully saturated rings. The average molecular weight is 253 g/mol. The molecule has 2 aromatic rings. The van der Waals surface area contributed by atoms with Gasteiger partial charge in [-0.1, -0.05) is 6.07 Å². The van der Waals surface area contributed by atoms with Gasteiger partial charge in [0.1, 0.15) is 0 Å². The first-order valence-electron chi connectivity index (χ1n) is 7.06. The number of nitrogens with zero attached hydrogens (tertiary/aromatic N) is 1. The molecule has 3 heterocycles. The summed E-state index contributed by atoms with van der Waals surface area (Å²) in [6.07, 6.45) is 4.48. The fraction of sp³-hybridized carbons (Fsp3) is 0.375. The van der Waals surface area contributed by atoms with Crippen LogP contribution in [0.2, 0.25) is 0 Å².